The summed E-state index contributed by atoms with van der Waals surface area (Å²) in [6.45, 7) is 5.93. The second kappa shape index (κ2) is 9.39. The first-order chi connectivity index (χ1) is 14.5. The van der Waals surface area contributed by atoms with Crippen LogP contribution in [0.5, 0.6) is 0 Å². The Hall–Kier alpha value is -2.06. The predicted molar refractivity (Wildman–Crippen MR) is 117 cm³/mol. The molecule has 2 aliphatic rings. The molecule has 0 radical (unpaired) electrons. The number of rotatable bonds is 6. The van der Waals surface area contributed by atoms with Crippen molar-refractivity contribution in [1.29, 1.82) is 0 Å². The van der Waals surface area contributed by atoms with Crippen molar-refractivity contribution in [3.8, 4) is 0 Å². The summed E-state index contributed by atoms with van der Waals surface area (Å²) >= 11 is 1.65. The zero-order chi connectivity index (χ0) is 21.1. The quantitative estimate of drug-likeness (QED) is 0.710. The summed E-state index contributed by atoms with van der Waals surface area (Å²) in [7, 11) is 0. The van der Waals surface area contributed by atoms with Crippen LogP contribution in [0.3, 0.4) is 0 Å². The van der Waals surface area contributed by atoms with Crippen molar-refractivity contribution in [2.45, 2.75) is 51.5 Å². The van der Waals surface area contributed by atoms with Gasteiger partial charge < -0.3 is 10.6 Å². The molecular formula is C22H30FN5OS. The first kappa shape index (κ1) is 21.2. The Balaban J connectivity index is 1.32. The van der Waals surface area contributed by atoms with E-state index >= 15 is 0 Å². The molecule has 1 aliphatic heterocycles. The third kappa shape index (κ3) is 4.81. The Kier molecular flexibility index (Phi) is 6.63. The topological polar surface area (TPSA) is 75.3 Å². The molecule has 8 heteroatoms. The summed E-state index contributed by atoms with van der Waals surface area (Å²) in [5.41, 5.74) is 7.58. The van der Waals surface area contributed by atoms with Gasteiger partial charge in [0.25, 0.3) is 5.91 Å². The van der Waals surface area contributed by atoms with E-state index in [9.17, 15) is 9.18 Å². The summed E-state index contributed by atoms with van der Waals surface area (Å²) in [6.07, 6.45) is 7.70. The second-order valence-electron chi connectivity index (χ2n) is 8.42. The summed E-state index contributed by atoms with van der Waals surface area (Å²) in [6, 6.07) is 3.32. The highest BCUT2D eigenvalue weighted by molar-refractivity contribution is 7.15. The van der Waals surface area contributed by atoms with Crippen LogP contribution in [0.2, 0.25) is 0 Å². The monoisotopic (exact) mass is 431 g/mol. The maximum absolute atomic E-state index is 13.0. The number of pyridine rings is 1. The Morgan fingerprint density at radius 1 is 1.33 bits per heavy atom. The minimum absolute atomic E-state index is 0.0473. The van der Waals surface area contributed by atoms with Crippen LogP contribution in [0.25, 0.3) is 0 Å². The number of anilines is 1. The number of aromatic nitrogens is 2. The van der Waals surface area contributed by atoms with Crippen LogP contribution < -0.4 is 5.73 Å². The van der Waals surface area contributed by atoms with Gasteiger partial charge in [-0.15, -0.1) is 11.3 Å². The van der Waals surface area contributed by atoms with Gasteiger partial charge in [0.2, 0.25) is 5.95 Å². The molecule has 2 aromatic heterocycles. The Bertz CT molecular complexity index is 863. The van der Waals surface area contributed by atoms with E-state index in [1.165, 1.54) is 28.9 Å². The van der Waals surface area contributed by atoms with Crippen molar-refractivity contribution in [2.24, 2.45) is 5.92 Å². The Morgan fingerprint density at radius 2 is 2.13 bits per heavy atom. The van der Waals surface area contributed by atoms with Gasteiger partial charge in [-0.2, -0.15) is 4.39 Å². The zero-order valence-corrected chi connectivity index (χ0v) is 18.3. The van der Waals surface area contributed by atoms with E-state index in [0.717, 1.165) is 64.7 Å². The fourth-order valence-electron chi connectivity index (χ4n) is 4.73. The van der Waals surface area contributed by atoms with Gasteiger partial charge in [0.1, 0.15) is 0 Å². The minimum atomic E-state index is -0.558. The molecule has 1 amide bonds. The third-order valence-corrected chi connectivity index (χ3v) is 7.28. The number of amides is 1. The van der Waals surface area contributed by atoms with Crippen LogP contribution in [-0.2, 0) is 12.8 Å². The highest BCUT2D eigenvalue weighted by atomic mass is 32.1. The summed E-state index contributed by atoms with van der Waals surface area (Å²) in [4.78, 5) is 26.6. The molecule has 162 valence electrons. The predicted octanol–water partition coefficient (Wildman–Crippen LogP) is 3.38. The number of halogens is 1. The maximum Gasteiger partial charge on any atom is 0.255 e. The fraction of sp³-hybridized carbons (Fsp3) is 0.591. The average Bonchev–Trinajstić information content (AvgIpc) is 3.13. The highest BCUT2D eigenvalue weighted by Crippen LogP contribution is 2.31. The van der Waals surface area contributed by atoms with Gasteiger partial charge in [-0.3, -0.25) is 9.69 Å². The number of fused-ring (bicyclic) bond motifs is 1. The number of hydrogen-bond acceptors (Lipinski definition) is 6. The molecule has 1 atom stereocenters. The standard InChI is InChI=1S/C22H30FN5OS/c1-2-9-28(17-4-5-18-19(12-17)30-22(24)26-18)14-15-7-10-27(11-8-15)21(29)16-3-6-20(23)25-13-16/h3,6,13,15,17H,2,4-5,7-12,14H2,1H3,(H2,24,26)/t17-/m0/s1. The molecule has 1 saturated heterocycles. The number of hydrogen-bond donors (Lipinski definition) is 1. The molecule has 1 fully saturated rings. The van der Waals surface area contributed by atoms with Gasteiger partial charge in [0.15, 0.2) is 5.13 Å². The van der Waals surface area contributed by atoms with Gasteiger partial charge in [0, 0.05) is 36.8 Å². The van der Waals surface area contributed by atoms with Gasteiger partial charge in [0.05, 0.1) is 11.3 Å². The number of thiazole rings is 1. The normalized spacial score (nSPS) is 19.8. The number of nitrogens with two attached hydrogens (primary N) is 1. The number of nitrogen functional groups attached to an aromatic ring is 1. The third-order valence-electron chi connectivity index (χ3n) is 6.33. The molecule has 30 heavy (non-hydrogen) atoms. The largest absolute Gasteiger partial charge is 0.375 e. The molecule has 2 aromatic rings. The van der Waals surface area contributed by atoms with E-state index in [2.05, 4.69) is 21.8 Å². The van der Waals surface area contributed by atoms with Crippen molar-refractivity contribution < 1.29 is 9.18 Å². The van der Waals surface area contributed by atoms with Crippen LogP contribution in [0.4, 0.5) is 9.52 Å². The summed E-state index contributed by atoms with van der Waals surface area (Å²) in [5.74, 6) is -0.00838. The van der Waals surface area contributed by atoms with Crippen LogP contribution in [0.15, 0.2) is 18.3 Å². The first-order valence-corrected chi connectivity index (χ1v) is 11.7. The van der Waals surface area contributed by atoms with Crippen molar-refractivity contribution in [3.63, 3.8) is 0 Å². The minimum Gasteiger partial charge on any atom is -0.375 e. The van der Waals surface area contributed by atoms with Crippen LogP contribution >= 0.6 is 11.3 Å². The van der Waals surface area contributed by atoms with Gasteiger partial charge >= 0.3 is 0 Å². The fourth-order valence-corrected chi connectivity index (χ4v) is 5.68. The first-order valence-electron chi connectivity index (χ1n) is 10.9. The van der Waals surface area contributed by atoms with Crippen molar-refractivity contribution in [1.82, 2.24) is 19.8 Å². The number of carbonyl (C=O) groups excluding carboxylic acids is 1. The van der Waals surface area contributed by atoms with Crippen molar-refractivity contribution in [3.05, 3.63) is 40.4 Å². The molecule has 0 aromatic carbocycles. The van der Waals surface area contributed by atoms with Gasteiger partial charge in [-0.25, -0.2) is 9.97 Å². The lowest BCUT2D eigenvalue weighted by Gasteiger charge is -2.39. The molecular weight excluding hydrogens is 401 g/mol. The smallest absolute Gasteiger partial charge is 0.255 e. The molecule has 0 bridgehead atoms. The lowest BCUT2D eigenvalue weighted by atomic mass is 9.92. The van der Waals surface area contributed by atoms with Crippen molar-refractivity contribution in [2.75, 3.05) is 31.9 Å². The van der Waals surface area contributed by atoms with Crippen LogP contribution in [0, 0.1) is 11.9 Å². The zero-order valence-electron chi connectivity index (χ0n) is 17.5. The second-order valence-corrected chi connectivity index (χ2v) is 9.53. The van der Waals surface area contributed by atoms with E-state index < -0.39 is 5.95 Å². The summed E-state index contributed by atoms with van der Waals surface area (Å²) in [5, 5.41) is 0.691. The van der Waals surface area contributed by atoms with Crippen molar-refractivity contribution >= 4 is 22.4 Å². The lowest BCUT2D eigenvalue weighted by molar-refractivity contribution is 0.0642. The Labute approximate surface area is 181 Å². The number of nitrogens with zero attached hydrogens (tertiary/aromatic N) is 4. The summed E-state index contributed by atoms with van der Waals surface area (Å²) < 4.78 is 13.0. The van der Waals surface area contributed by atoms with Gasteiger partial charge in [-0.05, 0) is 63.1 Å². The lowest BCUT2D eigenvalue weighted by Crippen LogP contribution is -2.45. The maximum atomic E-state index is 13.0. The average molecular weight is 432 g/mol. The molecule has 4 rings (SSSR count). The van der Waals surface area contributed by atoms with E-state index in [1.54, 1.807) is 11.3 Å². The molecule has 0 unspecified atom stereocenters. The van der Waals surface area contributed by atoms with Crippen LogP contribution in [0.1, 0.15) is 53.5 Å². The SMILES string of the molecule is CCCN(CC1CCN(C(=O)c2ccc(F)nc2)CC1)[C@H]1CCc2nc(N)sc2C1. The molecule has 3 heterocycles. The van der Waals surface area contributed by atoms with E-state index in [0.29, 0.717) is 22.7 Å². The van der Waals surface area contributed by atoms with Crippen LogP contribution in [-0.4, -0.2) is 57.9 Å². The Morgan fingerprint density at radius 3 is 2.83 bits per heavy atom. The van der Waals surface area contributed by atoms with E-state index in [1.807, 2.05) is 4.90 Å². The molecule has 0 spiro atoms. The number of carbonyl (C=O) groups is 1. The number of aryl methyl sites for hydroxylation is 1. The van der Waals surface area contributed by atoms with E-state index in [4.69, 9.17) is 5.73 Å². The number of piperidine rings is 1. The van der Waals surface area contributed by atoms with Gasteiger partial charge in [-0.1, -0.05) is 6.92 Å². The molecule has 0 saturated carbocycles. The van der Waals surface area contributed by atoms with E-state index in [-0.39, 0.29) is 5.91 Å². The molecule has 6 nitrogen and oxygen atoms in total. The molecule has 1 aliphatic carbocycles. The number of likely N-dealkylation sites (tertiary alicyclic amines) is 1. The highest BCUT2D eigenvalue weighted by Gasteiger charge is 2.30. The molecule has 2 N–H and O–H groups in total.